The summed E-state index contributed by atoms with van der Waals surface area (Å²) in [5, 5.41) is 10.8. The number of piperazine rings is 1. The summed E-state index contributed by atoms with van der Waals surface area (Å²) in [5.41, 5.74) is 1.08. The van der Waals surface area contributed by atoms with Gasteiger partial charge in [-0.1, -0.05) is 0 Å². The highest BCUT2D eigenvalue weighted by molar-refractivity contribution is 5.86. The van der Waals surface area contributed by atoms with Gasteiger partial charge in [0, 0.05) is 44.0 Å². The van der Waals surface area contributed by atoms with Crippen LogP contribution in [0.2, 0.25) is 0 Å². The molecule has 26 heavy (non-hydrogen) atoms. The Morgan fingerprint density at radius 2 is 1.81 bits per heavy atom. The Morgan fingerprint density at radius 3 is 2.38 bits per heavy atom. The maximum Gasteiger partial charge on any atom is 0.373 e. The minimum absolute atomic E-state index is 0.0485. The molecule has 1 aliphatic heterocycles. The molecule has 0 N–H and O–H groups in total. The molecule has 1 saturated heterocycles. The molecular formula is C18H21N3O5. The van der Waals surface area contributed by atoms with E-state index in [0.29, 0.717) is 0 Å². The van der Waals surface area contributed by atoms with Crippen LogP contribution in [0.4, 0.5) is 11.4 Å². The normalized spacial score (nSPS) is 16.3. The zero-order valence-electron chi connectivity index (χ0n) is 14.8. The van der Waals surface area contributed by atoms with Gasteiger partial charge in [-0.3, -0.25) is 15.0 Å². The summed E-state index contributed by atoms with van der Waals surface area (Å²) in [5.74, 6) is 0.458. The maximum atomic E-state index is 11.5. The van der Waals surface area contributed by atoms with E-state index in [-0.39, 0.29) is 17.5 Å². The second-order valence-corrected chi connectivity index (χ2v) is 6.17. The van der Waals surface area contributed by atoms with Gasteiger partial charge < -0.3 is 14.1 Å². The van der Waals surface area contributed by atoms with Crippen LogP contribution < -0.4 is 4.90 Å². The van der Waals surface area contributed by atoms with E-state index in [0.717, 1.165) is 37.6 Å². The van der Waals surface area contributed by atoms with Crippen molar-refractivity contribution in [3.05, 3.63) is 58.0 Å². The molecule has 0 bridgehead atoms. The van der Waals surface area contributed by atoms with Crippen LogP contribution in [0, 0.1) is 10.1 Å². The Bertz CT molecular complexity index is 778. The van der Waals surface area contributed by atoms with E-state index in [4.69, 9.17) is 4.42 Å². The highest BCUT2D eigenvalue weighted by Crippen LogP contribution is 2.26. The van der Waals surface area contributed by atoms with Crippen molar-refractivity contribution in [1.29, 1.82) is 0 Å². The fourth-order valence-electron chi connectivity index (χ4n) is 3.12. The van der Waals surface area contributed by atoms with Crippen LogP contribution in [0.3, 0.4) is 0 Å². The van der Waals surface area contributed by atoms with Crippen molar-refractivity contribution >= 4 is 17.3 Å². The second kappa shape index (κ2) is 7.57. The lowest BCUT2D eigenvalue weighted by atomic mass is 10.1. The van der Waals surface area contributed by atoms with Gasteiger partial charge in [-0.15, -0.1) is 0 Å². The minimum Gasteiger partial charge on any atom is -0.463 e. The first-order chi connectivity index (χ1) is 12.5. The molecule has 1 aliphatic rings. The quantitative estimate of drug-likeness (QED) is 0.461. The average molecular weight is 359 g/mol. The maximum absolute atomic E-state index is 11.5. The lowest BCUT2D eigenvalue weighted by Crippen LogP contribution is -2.47. The van der Waals surface area contributed by atoms with Gasteiger partial charge in [0.15, 0.2) is 0 Å². The number of hydrogen-bond acceptors (Lipinski definition) is 7. The van der Waals surface area contributed by atoms with Crippen LogP contribution in [0.1, 0.15) is 29.3 Å². The molecule has 0 radical (unpaired) electrons. The van der Waals surface area contributed by atoms with Gasteiger partial charge in [0.25, 0.3) is 5.69 Å². The van der Waals surface area contributed by atoms with Crippen LogP contribution >= 0.6 is 0 Å². The second-order valence-electron chi connectivity index (χ2n) is 6.17. The van der Waals surface area contributed by atoms with Gasteiger partial charge >= 0.3 is 5.97 Å². The molecule has 1 aromatic heterocycles. The van der Waals surface area contributed by atoms with E-state index in [2.05, 4.69) is 14.5 Å². The Labute approximate surface area is 151 Å². The molecule has 8 heteroatoms. The summed E-state index contributed by atoms with van der Waals surface area (Å²) >= 11 is 0. The molecule has 1 unspecified atom stereocenters. The predicted octanol–water partition coefficient (Wildman–Crippen LogP) is 2.86. The summed E-state index contributed by atoms with van der Waals surface area (Å²) in [7, 11) is 1.32. The largest absolute Gasteiger partial charge is 0.463 e. The number of methoxy groups -OCH3 is 1. The molecule has 1 aromatic carbocycles. The van der Waals surface area contributed by atoms with Gasteiger partial charge in [-0.2, -0.15) is 0 Å². The minimum atomic E-state index is -0.480. The number of anilines is 1. The number of nitrogens with zero attached hydrogens (tertiary/aromatic N) is 3. The molecule has 0 aliphatic carbocycles. The number of carbonyl (C=O) groups excluding carboxylic acids is 1. The first-order valence-corrected chi connectivity index (χ1v) is 8.41. The van der Waals surface area contributed by atoms with E-state index in [9.17, 15) is 14.9 Å². The van der Waals surface area contributed by atoms with Crippen molar-refractivity contribution in [3.63, 3.8) is 0 Å². The van der Waals surface area contributed by atoms with Crippen LogP contribution in [0.25, 0.3) is 0 Å². The summed E-state index contributed by atoms with van der Waals surface area (Å²) in [4.78, 5) is 26.4. The zero-order chi connectivity index (χ0) is 18.7. The molecule has 138 valence electrons. The number of rotatable bonds is 5. The molecule has 0 amide bonds. The van der Waals surface area contributed by atoms with Crippen LogP contribution in [-0.4, -0.2) is 49.1 Å². The molecule has 1 fully saturated rings. The average Bonchev–Trinajstić information content (AvgIpc) is 3.17. The number of benzene rings is 1. The first kappa shape index (κ1) is 17.9. The van der Waals surface area contributed by atoms with Crippen molar-refractivity contribution in [3.8, 4) is 0 Å². The predicted molar refractivity (Wildman–Crippen MR) is 95.3 cm³/mol. The Morgan fingerprint density at radius 1 is 1.15 bits per heavy atom. The lowest BCUT2D eigenvalue weighted by molar-refractivity contribution is -0.384. The molecular weight excluding hydrogens is 338 g/mol. The lowest BCUT2D eigenvalue weighted by Gasteiger charge is -2.38. The van der Waals surface area contributed by atoms with Gasteiger partial charge in [-0.05, 0) is 31.2 Å². The van der Waals surface area contributed by atoms with Gasteiger partial charge in [0.05, 0.1) is 18.1 Å². The van der Waals surface area contributed by atoms with Crippen molar-refractivity contribution in [2.75, 3.05) is 38.2 Å². The number of hydrogen-bond donors (Lipinski definition) is 0. The molecule has 2 aromatic rings. The van der Waals surface area contributed by atoms with Gasteiger partial charge in [0.2, 0.25) is 5.76 Å². The monoisotopic (exact) mass is 359 g/mol. The third-order valence-corrected chi connectivity index (χ3v) is 4.71. The first-order valence-electron chi connectivity index (χ1n) is 8.41. The molecule has 1 atom stereocenters. The third kappa shape index (κ3) is 3.70. The standard InChI is InChI=1S/C18H21N3O5/c1-13(16-7-8-17(26-16)18(22)25-2)19-9-11-20(12-10-19)14-3-5-15(6-4-14)21(23)24/h3-8,13H,9-12H2,1-2H3. The van der Waals surface area contributed by atoms with Crippen molar-refractivity contribution < 1.29 is 18.9 Å². The number of nitro groups is 1. The summed E-state index contributed by atoms with van der Waals surface area (Å²) in [6, 6.07) is 10.1. The SMILES string of the molecule is COC(=O)c1ccc(C(C)N2CCN(c3ccc([N+](=O)[O-])cc3)CC2)o1. The number of carbonyl (C=O) groups is 1. The van der Waals surface area contributed by atoms with Gasteiger partial charge in [-0.25, -0.2) is 4.79 Å². The number of nitro benzene ring substituents is 1. The number of esters is 1. The van der Waals surface area contributed by atoms with E-state index in [1.54, 1.807) is 24.3 Å². The van der Waals surface area contributed by atoms with Crippen LogP contribution in [0.15, 0.2) is 40.8 Å². The van der Waals surface area contributed by atoms with Crippen molar-refractivity contribution in [2.24, 2.45) is 0 Å². The van der Waals surface area contributed by atoms with Crippen LogP contribution in [-0.2, 0) is 4.74 Å². The third-order valence-electron chi connectivity index (χ3n) is 4.71. The summed E-state index contributed by atoms with van der Waals surface area (Å²) < 4.78 is 10.3. The molecule has 2 heterocycles. The Balaban J connectivity index is 1.60. The van der Waals surface area contributed by atoms with E-state index >= 15 is 0 Å². The number of furan rings is 1. The van der Waals surface area contributed by atoms with Gasteiger partial charge in [0.1, 0.15) is 5.76 Å². The summed E-state index contributed by atoms with van der Waals surface area (Å²) in [6.07, 6.45) is 0. The molecule has 0 saturated carbocycles. The Hall–Kier alpha value is -2.87. The van der Waals surface area contributed by atoms with Crippen LogP contribution in [0.5, 0.6) is 0 Å². The topological polar surface area (TPSA) is 89.1 Å². The highest BCUT2D eigenvalue weighted by atomic mass is 16.6. The number of non-ortho nitro benzene ring substituents is 1. The fourth-order valence-corrected chi connectivity index (χ4v) is 3.12. The summed E-state index contributed by atoms with van der Waals surface area (Å²) in [6.45, 7) is 5.32. The zero-order valence-corrected chi connectivity index (χ0v) is 14.8. The van der Waals surface area contributed by atoms with Crippen molar-refractivity contribution in [2.45, 2.75) is 13.0 Å². The van der Waals surface area contributed by atoms with E-state index < -0.39 is 10.9 Å². The van der Waals surface area contributed by atoms with E-state index in [1.807, 2.05) is 6.92 Å². The Kier molecular flexibility index (Phi) is 5.22. The molecule has 0 spiro atoms. The highest BCUT2D eigenvalue weighted by Gasteiger charge is 2.25. The van der Waals surface area contributed by atoms with E-state index in [1.165, 1.54) is 19.2 Å². The molecule has 8 nitrogen and oxygen atoms in total. The fraction of sp³-hybridized carbons (Fsp3) is 0.389. The van der Waals surface area contributed by atoms with Crippen molar-refractivity contribution in [1.82, 2.24) is 4.90 Å². The smallest absolute Gasteiger partial charge is 0.373 e. The molecule has 3 rings (SSSR count). The number of ether oxygens (including phenoxy) is 1.